The number of hydrogen-bond donors (Lipinski definition) is 1. The van der Waals surface area contributed by atoms with E-state index in [1.54, 1.807) is 0 Å². The van der Waals surface area contributed by atoms with Gasteiger partial charge in [0.05, 0.1) is 23.3 Å². The highest BCUT2D eigenvalue weighted by Gasteiger charge is 2.37. The Bertz CT molecular complexity index is 659. The van der Waals surface area contributed by atoms with Gasteiger partial charge >= 0.3 is 0 Å². The predicted molar refractivity (Wildman–Crippen MR) is 77.8 cm³/mol. The molecule has 0 amide bonds. The fraction of sp³-hybridized carbons (Fsp3) is 0.571. The fourth-order valence-corrected chi connectivity index (χ4v) is 4.17. The van der Waals surface area contributed by atoms with E-state index in [1.165, 1.54) is 44.3 Å². The predicted octanol–water partition coefficient (Wildman–Crippen LogP) is 2.89. The van der Waals surface area contributed by atoms with Crippen LogP contribution >= 0.6 is 12.2 Å². The topological polar surface area (TPSA) is 36.9 Å². The average Bonchev–Trinajstić information content (AvgIpc) is 2.98. The molecule has 4 heterocycles. The lowest BCUT2D eigenvalue weighted by Crippen LogP contribution is -2.37. The van der Waals surface area contributed by atoms with Crippen LogP contribution in [-0.2, 0) is 0 Å². The van der Waals surface area contributed by atoms with E-state index in [2.05, 4.69) is 25.5 Å². The van der Waals surface area contributed by atoms with E-state index in [4.69, 9.17) is 12.2 Å². The Labute approximate surface area is 117 Å². The summed E-state index contributed by atoms with van der Waals surface area (Å²) in [5, 5.41) is 0. The number of nitrogens with one attached hydrogen (secondary N) is 1. The molecule has 5 heteroatoms. The summed E-state index contributed by atoms with van der Waals surface area (Å²) in [7, 11) is 0. The van der Waals surface area contributed by atoms with Crippen LogP contribution in [0.2, 0.25) is 0 Å². The van der Waals surface area contributed by atoms with Gasteiger partial charge < -0.3 is 9.55 Å². The molecule has 1 N–H and O–H groups in total. The number of fused-ring (bicyclic) bond motifs is 2. The number of hydrogen-bond acceptors (Lipinski definition) is 3. The maximum atomic E-state index is 5.54. The molecule has 19 heavy (non-hydrogen) atoms. The number of aromatic nitrogens is 3. The van der Waals surface area contributed by atoms with Gasteiger partial charge in [0.1, 0.15) is 0 Å². The molecule has 0 saturated carbocycles. The smallest absolute Gasteiger partial charge is 0.178 e. The lowest BCUT2D eigenvalue weighted by atomic mass is 9.99. The van der Waals surface area contributed by atoms with Crippen molar-refractivity contribution in [1.29, 1.82) is 0 Å². The number of piperidine rings is 1. The molecule has 100 valence electrons. The summed E-state index contributed by atoms with van der Waals surface area (Å²) >= 11 is 5.54. The molecule has 2 aromatic rings. The molecule has 0 aromatic carbocycles. The maximum Gasteiger partial charge on any atom is 0.178 e. The monoisotopic (exact) mass is 274 g/mol. The molecule has 2 aliphatic heterocycles. The molecule has 2 aromatic heterocycles. The Kier molecular flexibility index (Phi) is 2.70. The molecule has 0 radical (unpaired) electrons. The number of rotatable bonds is 1. The zero-order valence-corrected chi connectivity index (χ0v) is 11.7. The van der Waals surface area contributed by atoms with Crippen LogP contribution in [0.1, 0.15) is 31.7 Å². The number of H-pyrrole nitrogens is 1. The second-order valence-electron chi connectivity index (χ2n) is 5.65. The van der Waals surface area contributed by atoms with Crippen molar-refractivity contribution in [2.24, 2.45) is 0 Å². The van der Waals surface area contributed by atoms with Crippen molar-refractivity contribution in [2.75, 3.05) is 13.1 Å². The average molecular weight is 274 g/mol. The number of pyridine rings is 1. The molecule has 4 rings (SSSR count). The molecular formula is C14H18N4S. The minimum Gasteiger partial charge on any atom is -0.329 e. The van der Waals surface area contributed by atoms with Gasteiger partial charge in [-0.15, -0.1) is 0 Å². The highest BCUT2D eigenvalue weighted by atomic mass is 32.1. The Morgan fingerprint density at radius 1 is 1.21 bits per heavy atom. The van der Waals surface area contributed by atoms with Gasteiger partial charge in [-0.2, -0.15) is 0 Å². The van der Waals surface area contributed by atoms with Crippen molar-refractivity contribution in [3.8, 4) is 0 Å². The van der Waals surface area contributed by atoms with Gasteiger partial charge in [0, 0.05) is 18.8 Å². The summed E-state index contributed by atoms with van der Waals surface area (Å²) in [6.45, 7) is 2.48. The quantitative estimate of drug-likeness (QED) is 0.812. The first-order chi connectivity index (χ1) is 9.34. The van der Waals surface area contributed by atoms with Gasteiger partial charge in [-0.05, 0) is 44.1 Å². The zero-order valence-electron chi connectivity index (χ0n) is 10.9. The van der Waals surface area contributed by atoms with E-state index < -0.39 is 0 Å². The van der Waals surface area contributed by atoms with Crippen molar-refractivity contribution >= 4 is 23.3 Å². The van der Waals surface area contributed by atoms with Crippen LogP contribution < -0.4 is 0 Å². The van der Waals surface area contributed by atoms with Crippen LogP contribution in [0.25, 0.3) is 11.0 Å². The maximum absolute atomic E-state index is 5.54. The van der Waals surface area contributed by atoms with E-state index in [1.807, 2.05) is 12.4 Å². The fourth-order valence-electron chi connectivity index (χ4n) is 3.83. The van der Waals surface area contributed by atoms with Crippen LogP contribution in [0.4, 0.5) is 0 Å². The van der Waals surface area contributed by atoms with Crippen LogP contribution in [0.5, 0.6) is 0 Å². The minimum atomic E-state index is 0.531. The Morgan fingerprint density at radius 2 is 2.16 bits per heavy atom. The molecule has 2 fully saturated rings. The largest absolute Gasteiger partial charge is 0.329 e. The minimum absolute atomic E-state index is 0.531. The van der Waals surface area contributed by atoms with E-state index in [0.29, 0.717) is 12.1 Å². The van der Waals surface area contributed by atoms with E-state index in [0.717, 1.165) is 10.3 Å². The Hall–Kier alpha value is -1.20. The highest BCUT2D eigenvalue weighted by molar-refractivity contribution is 7.71. The lowest BCUT2D eigenvalue weighted by Gasteiger charge is -2.32. The molecule has 2 unspecified atom stereocenters. The van der Waals surface area contributed by atoms with Crippen molar-refractivity contribution in [1.82, 2.24) is 19.4 Å². The molecule has 2 saturated heterocycles. The third-order valence-electron chi connectivity index (χ3n) is 4.67. The summed E-state index contributed by atoms with van der Waals surface area (Å²) in [4.78, 5) is 10.1. The first-order valence-corrected chi connectivity index (χ1v) is 7.54. The summed E-state index contributed by atoms with van der Waals surface area (Å²) in [5.41, 5.74) is 2.26. The first kappa shape index (κ1) is 11.6. The van der Waals surface area contributed by atoms with Gasteiger partial charge in [-0.1, -0.05) is 6.42 Å². The standard InChI is InChI=1S/C14H18N4S/c19-14-16-10-9-15-6-4-11(10)18(14)13-5-8-17-7-2-1-3-12(13)17/h4,6,9,12-13H,1-3,5,7-8H2,(H,16,19). The second-order valence-corrected chi connectivity index (χ2v) is 6.03. The normalized spacial score (nSPS) is 27.8. The van der Waals surface area contributed by atoms with Crippen molar-refractivity contribution in [3.05, 3.63) is 23.2 Å². The van der Waals surface area contributed by atoms with Crippen LogP contribution in [0.3, 0.4) is 0 Å². The third-order valence-corrected chi connectivity index (χ3v) is 4.97. The van der Waals surface area contributed by atoms with E-state index >= 15 is 0 Å². The van der Waals surface area contributed by atoms with Gasteiger partial charge in [0.15, 0.2) is 4.77 Å². The molecular weight excluding hydrogens is 256 g/mol. The molecule has 0 spiro atoms. The van der Waals surface area contributed by atoms with Crippen LogP contribution in [0.15, 0.2) is 18.5 Å². The highest BCUT2D eigenvalue weighted by Crippen LogP contribution is 2.36. The molecule has 2 atom stereocenters. The number of nitrogens with zero attached hydrogens (tertiary/aromatic N) is 3. The van der Waals surface area contributed by atoms with Crippen molar-refractivity contribution in [2.45, 2.75) is 37.8 Å². The first-order valence-electron chi connectivity index (χ1n) is 7.13. The van der Waals surface area contributed by atoms with Crippen molar-refractivity contribution in [3.63, 3.8) is 0 Å². The summed E-state index contributed by atoms with van der Waals surface area (Å²) in [5.74, 6) is 0. The van der Waals surface area contributed by atoms with Crippen molar-refractivity contribution < 1.29 is 0 Å². The Morgan fingerprint density at radius 3 is 3.11 bits per heavy atom. The summed E-state index contributed by atoms with van der Waals surface area (Å²) in [6.07, 6.45) is 8.96. The summed E-state index contributed by atoms with van der Waals surface area (Å²) < 4.78 is 3.18. The third kappa shape index (κ3) is 1.75. The zero-order chi connectivity index (χ0) is 12.8. The van der Waals surface area contributed by atoms with Gasteiger partial charge in [-0.3, -0.25) is 9.88 Å². The number of imidazole rings is 1. The van der Waals surface area contributed by atoms with Crippen LogP contribution in [0, 0.1) is 4.77 Å². The van der Waals surface area contributed by atoms with Gasteiger partial charge in [0.2, 0.25) is 0 Å². The van der Waals surface area contributed by atoms with E-state index in [-0.39, 0.29) is 0 Å². The van der Waals surface area contributed by atoms with E-state index in [9.17, 15) is 0 Å². The molecule has 0 aliphatic carbocycles. The molecule has 2 aliphatic rings. The van der Waals surface area contributed by atoms with Gasteiger partial charge in [-0.25, -0.2) is 0 Å². The lowest BCUT2D eigenvalue weighted by molar-refractivity contribution is 0.174. The Balaban J connectivity index is 1.82. The summed E-state index contributed by atoms with van der Waals surface area (Å²) in [6, 6.07) is 3.28. The van der Waals surface area contributed by atoms with Gasteiger partial charge in [0.25, 0.3) is 0 Å². The SMILES string of the molecule is S=c1[nH]c2cnccc2n1C1CCN2CCCCC12. The molecule has 4 nitrogen and oxygen atoms in total. The molecule has 0 bridgehead atoms. The second kappa shape index (κ2) is 4.42. The van der Waals surface area contributed by atoms with Crippen LogP contribution in [-0.4, -0.2) is 38.6 Å². The number of aromatic amines is 1.